The van der Waals surface area contributed by atoms with Crippen LogP contribution in [0.2, 0.25) is 0 Å². The lowest BCUT2D eigenvalue weighted by Crippen LogP contribution is -2.29. The Hall–Kier alpha value is -0.970. The van der Waals surface area contributed by atoms with E-state index in [1.165, 1.54) is 36.9 Å². The molecule has 1 aromatic heterocycles. The van der Waals surface area contributed by atoms with Gasteiger partial charge in [-0.2, -0.15) is 0 Å². The zero-order valence-corrected chi connectivity index (χ0v) is 11.8. The maximum absolute atomic E-state index is 13.1. The lowest BCUT2D eigenvalue weighted by molar-refractivity contribution is 0.336. The van der Waals surface area contributed by atoms with Gasteiger partial charge < -0.3 is 10.2 Å². The summed E-state index contributed by atoms with van der Waals surface area (Å²) in [6.45, 7) is 5.56. The largest absolute Gasteiger partial charge is 0.311 e. The van der Waals surface area contributed by atoms with Crippen molar-refractivity contribution in [2.24, 2.45) is 0 Å². The summed E-state index contributed by atoms with van der Waals surface area (Å²) in [7, 11) is 0. The highest BCUT2D eigenvalue weighted by Gasteiger charge is 2.10. The van der Waals surface area contributed by atoms with Crippen molar-refractivity contribution < 1.29 is 4.39 Å². The van der Waals surface area contributed by atoms with E-state index in [9.17, 15) is 4.39 Å². The number of likely N-dealkylation sites (tertiary alicyclic amines) is 1. The van der Waals surface area contributed by atoms with Crippen LogP contribution in [0, 0.1) is 5.82 Å². The fourth-order valence-corrected chi connectivity index (χ4v) is 3.66. The first-order valence-electron chi connectivity index (χ1n) is 6.92. The quantitative estimate of drug-likeness (QED) is 0.845. The SMILES string of the molecule is Fc1ccc2cc(CNCCN3CCCC3)sc2c1. The summed E-state index contributed by atoms with van der Waals surface area (Å²) >= 11 is 1.68. The zero-order valence-electron chi connectivity index (χ0n) is 11.0. The van der Waals surface area contributed by atoms with Crippen molar-refractivity contribution in [1.82, 2.24) is 10.2 Å². The van der Waals surface area contributed by atoms with Crippen molar-refractivity contribution in [2.75, 3.05) is 26.2 Å². The van der Waals surface area contributed by atoms with E-state index in [2.05, 4.69) is 16.3 Å². The van der Waals surface area contributed by atoms with Gasteiger partial charge in [-0.25, -0.2) is 4.39 Å². The van der Waals surface area contributed by atoms with Crippen molar-refractivity contribution in [3.05, 3.63) is 35.0 Å². The van der Waals surface area contributed by atoms with E-state index in [-0.39, 0.29) is 5.82 Å². The summed E-state index contributed by atoms with van der Waals surface area (Å²) in [6, 6.07) is 7.16. The minimum atomic E-state index is -0.150. The van der Waals surface area contributed by atoms with Crippen molar-refractivity contribution in [3.8, 4) is 0 Å². The van der Waals surface area contributed by atoms with Crippen molar-refractivity contribution in [2.45, 2.75) is 19.4 Å². The normalized spacial score (nSPS) is 16.5. The molecule has 0 saturated carbocycles. The zero-order chi connectivity index (χ0) is 13.1. The standard InChI is InChI=1S/C15H19FN2S/c16-13-4-3-12-9-14(19-15(12)10-13)11-17-5-8-18-6-1-2-7-18/h3-4,9-10,17H,1-2,5-8,11H2. The Bertz CT molecular complexity index is 546. The highest BCUT2D eigenvalue weighted by atomic mass is 32.1. The van der Waals surface area contributed by atoms with E-state index in [4.69, 9.17) is 0 Å². The Morgan fingerprint density at radius 2 is 2.05 bits per heavy atom. The van der Waals surface area contributed by atoms with Crippen LogP contribution in [-0.2, 0) is 6.54 Å². The highest BCUT2D eigenvalue weighted by Crippen LogP contribution is 2.26. The van der Waals surface area contributed by atoms with E-state index in [1.807, 2.05) is 6.07 Å². The summed E-state index contributed by atoms with van der Waals surface area (Å²) in [5.74, 6) is -0.150. The summed E-state index contributed by atoms with van der Waals surface area (Å²) in [6.07, 6.45) is 2.70. The third kappa shape index (κ3) is 3.32. The number of fused-ring (bicyclic) bond motifs is 1. The van der Waals surface area contributed by atoms with Crippen LogP contribution in [0.25, 0.3) is 10.1 Å². The van der Waals surface area contributed by atoms with Gasteiger partial charge in [-0.1, -0.05) is 6.07 Å². The molecule has 2 heterocycles. The van der Waals surface area contributed by atoms with Gasteiger partial charge in [0.05, 0.1) is 0 Å². The number of halogens is 1. The maximum atomic E-state index is 13.1. The van der Waals surface area contributed by atoms with Crippen LogP contribution in [0.15, 0.2) is 24.3 Å². The van der Waals surface area contributed by atoms with Gasteiger partial charge >= 0.3 is 0 Å². The smallest absolute Gasteiger partial charge is 0.124 e. The molecule has 1 aliphatic rings. The van der Waals surface area contributed by atoms with Gasteiger partial charge in [-0.05, 0) is 49.5 Å². The number of hydrogen-bond donors (Lipinski definition) is 1. The fourth-order valence-electron chi connectivity index (χ4n) is 2.60. The van der Waals surface area contributed by atoms with Crippen molar-refractivity contribution in [3.63, 3.8) is 0 Å². The van der Waals surface area contributed by atoms with Gasteiger partial charge in [0.2, 0.25) is 0 Å². The molecule has 0 aliphatic carbocycles. The number of benzene rings is 1. The number of nitrogens with one attached hydrogen (secondary N) is 1. The molecule has 4 heteroatoms. The van der Waals surface area contributed by atoms with Gasteiger partial charge in [0.25, 0.3) is 0 Å². The molecule has 0 radical (unpaired) electrons. The van der Waals surface area contributed by atoms with Crippen molar-refractivity contribution >= 4 is 21.4 Å². The number of thiophene rings is 1. The molecule has 1 aromatic carbocycles. The van der Waals surface area contributed by atoms with Crippen LogP contribution >= 0.6 is 11.3 Å². The molecule has 102 valence electrons. The van der Waals surface area contributed by atoms with Crippen LogP contribution < -0.4 is 5.32 Å². The summed E-state index contributed by atoms with van der Waals surface area (Å²) < 4.78 is 14.1. The van der Waals surface area contributed by atoms with Crippen LogP contribution in [0.4, 0.5) is 4.39 Å². The first kappa shape index (κ1) is 13.0. The second-order valence-electron chi connectivity index (χ2n) is 5.12. The third-order valence-corrected chi connectivity index (χ3v) is 4.73. The lowest BCUT2D eigenvalue weighted by atomic mass is 10.2. The Balaban J connectivity index is 1.50. The van der Waals surface area contributed by atoms with Crippen LogP contribution in [0.1, 0.15) is 17.7 Å². The minimum Gasteiger partial charge on any atom is -0.311 e. The van der Waals surface area contributed by atoms with Crippen LogP contribution in [0.3, 0.4) is 0 Å². The highest BCUT2D eigenvalue weighted by molar-refractivity contribution is 7.19. The van der Waals surface area contributed by atoms with Crippen LogP contribution in [-0.4, -0.2) is 31.1 Å². The number of hydrogen-bond acceptors (Lipinski definition) is 3. The molecule has 19 heavy (non-hydrogen) atoms. The molecule has 2 nitrogen and oxygen atoms in total. The molecule has 3 rings (SSSR count). The molecule has 2 aromatic rings. The average molecular weight is 278 g/mol. The Morgan fingerprint density at radius 3 is 2.89 bits per heavy atom. The number of nitrogens with zero attached hydrogens (tertiary/aromatic N) is 1. The van der Waals surface area contributed by atoms with E-state index in [0.717, 1.165) is 29.7 Å². The molecule has 0 bridgehead atoms. The van der Waals surface area contributed by atoms with E-state index >= 15 is 0 Å². The Kier molecular flexibility index (Phi) is 4.11. The molecule has 1 saturated heterocycles. The molecule has 0 spiro atoms. The van der Waals surface area contributed by atoms with Gasteiger partial charge in [-0.15, -0.1) is 11.3 Å². The predicted molar refractivity (Wildman–Crippen MR) is 79.2 cm³/mol. The van der Waals surface area contributed by atoms with E-state index < -0.39 is 0 Å². The average Bonchev–Trinajstić information content (AvgIpc) is 3.02. The van der Waals surface area contributed by atoms with E-state index in [0.29, 0.717) is 0 Å². The molecular formula is C15H19FN2S. The lowest BCUT2D eigenvalue weighted by Gasteiger charge is -2.14. The van der Waals surface area contributed by atoms with E-state index in [1.54, 1.807) is 17.4 Å². The molecule has 0 unspecified atom stereocenters. The Labute approximate surface area is 117 Å². The fraction of sp³-hybridized carbons (Fsp3) is 0.467. The monoisotopic (exact) mass is 278 g/mol. The molecule has 1 fully saturated rings. The van der Waals surface area contributed by atoms with Crippen molar-refractivity contribution in [1.29, 1.82) is 0 Å². The third-order valence-electron chi connectivity index (χ3n) is 3.64. The molecule has 0 atom stereocenters. The minimum absolute atomic E-state index is 0.150. The molecule has 1 N–H and O–H groups in total. The second-order valence-corrected chi connectivity index (χ2v) is 6.29. The molecular weight excluding hydrogens is 259 g/mol. The first-order valence-corrected chi connectivity index (χ1v) is 7.74. The molecule has 1 aliphatic heterocycles. The first-order chi connectivity index (χ1) is 9.31. The maximum Gasteiger partial charge on any atom is 0.124 e. The van der Waals surface area contributed by atoms with Gasteiger partial charge in [0.1, 0.15) is 5.82 Å². The van der Waals surface area contributed by atoms with Gasteiger partial charge in [0, 0.05) is 29.2 Å². The second kappa shape index (κ2) is 5.99. The number of rotatable bonds is 5. The van der Waals surface area contributed by atoms with Gasteiger partial charge in [-0.3, -0.25) is 0 Å². The predicted octanol–water partition coefficient (Wildman–Crippen LogP) is 3.23. The summed E-state index contributed by atoms with van der Waals surface area (Å²) in [4.78, 5) is 3.79. The summed E-state index contributed by atoms with van der Waals surface area (Å²) in [5.41, 5.74) is 0. The topological polar surface area (TPSA) is 15.3 Å². The molecule has 0 amide bonds. The summed E-state index contributed by atoms with van der Waals surface area (Å²) in [5, 5.41) is 4.62. The van der Waals surface area contributed by atoms with Crippen LogP contribution in [0.5, 0.6) is 0 Å². The Morgan fingerprint density at radius 1 is 1.21 bits per heavy atom. The van der Waals surface area contributed by atoms with Gasteiger partial charge in [0.15, 0.2) is 0 Å².